The normalized spacial score (nSPS) is 22.9. The maximum atomic E-state index is 12.4. The van der Waals surface area contributed by atoms with Crippen molar-refractivity contribution in [1.29, 1.82) is 0 Å². The number of thiazole rings is 1. The van der Waals surface area contributed by atoms with Crippen LogP contribution in [-0.4, -0.2) is 60.3 Å². The lowest BCUT2D eigenvalue weighted by Crippen LogP contribution is -2.44. The second-order valence-electron chi connectivity index (χ2n) is 5.11. The molecule has 0 N–H and O–H groups in total. The molecule has 1 aromatic heterocycles. The van der Waals surface area contributed by atoms with Gasteiger partial charge in [-0.15, -0.1) is 11.3 Å². The number of ketones is 1. The van der Waals surface area contributed by atoms with Crippen LogP contribution in [0.4, 0.5) is 0 Å². The molecule has 0 bridgehead atoms. The molecule has 1 fully saturated rings. The van der Waals surface area contributed by atoms with Gasteiger partial charge in [0, 0.05) is 11.9 Å². The number of hydrogen-bond acceptors (Lipinski definition) is 5. The van der Waals surface area contributed by atoms with Gasteiger partial charge in [-0.25, -0.2) is 4.98 Å². The van der Waals surface area contributed by atoms with Gasteiger partial charge in [-0.2, -0.15) is 0 Å². The van der Waals surface area contributed by atoms with Crippen LogP contribution in [0.2, 0.25) is 0 Å². The molecule has 0 radical (unpaired) electrons. The third kappa shape index (κ3) is 3.37. The predicted octanol–water partition coefficient (Wildman–Crippen LogP) is 1.20. The van der Waals surface area contributed by atoms with Crippen molar-refractivity contribution in [2.75, 3.05) is 33.7 Å². The maximum Gasteiger partial charge on any atom is 0.157 e. The average molecular weight is 267 g/mol. The highest BCUT2D eigenvalue weighted by atomic mass is 32.1. The fraction of sp³-hybridized carbons (Fsp3) is 0.692. The second-order valence-corrected chi connectivity index (χ2v) is 6.18. The summed E-state index contributed by atoms with van der Waals surface area (Å²) < 4.78 is 0. The molecule has 0 spiro atoms. The lowest BCUT2D eigenvalue weighted by Gasteiger charge is -2.25. The highest BCUT2D eigenvalue weighted by molar-refractivity contribution is 7.09. The van der Waals surface area contributed by atoms with Gasteiger partial charge in [-0.3, -0.25) is 9.69 Å². The molecule has 1 saturated heterocycles. The van der Waals surface area contributed by atoms with Crippen LogP contribution in [0.5, 0.6) is 0 Å². The molecular weight excluding hydrogens is 246 g/mol. The topological polar surface area (TPSA) is 36.4 Å². The van der Waals surface area contributed by atoms with Crippen molar-refractivity contribution in [2.24, 2.45) is 0 Å². The smallest absolute Gasteiger partial charge is 0.157 e. The average Bonchev–Trinajstić information content (AvgIpc) is 2.62. The molecule has 100 valence electrons. The number of rotatable bonds is 3. The Morgan fingerprint density at radius 2 is 2.28 bits per heavy atom. The number of carbonyl (C=O) groups is 1. The molecule has 1 atom stereocenters. The van der Waals surface area contributed by atoms with Crippen LogP contribution in [0, 0.1) is 6.92 Å². The Morgan fingerprint density at radius 3 is 2.94 bits per heavy atom. The predicted molar refractivity (Wildman–Crippen MR) is 74.1 cm³/mol. The highest BCUT2D eigenvalue weighted by Gasteiger charge is 2.27. The van der Waals surface area contributed by atoms with Crippen LogP contribution in [0.15, 0.2) is 5.38 Å². The van der Waals surface area contributed by atoms with Gasteiger partial charge in [0.1, 0.15) is 0 Å². The lowest BCUT2D eigenvalue weighted by molar-refractivity contribution is -0.123. The molecule has 1 aliphatic rings. The molecule has 0 saturated carbocycles. The monoisotopic (exact) mass is 267 g/mol. The van der Waals surface area contributed by atoms with Crippen molar-refractivity contribution in [3.05, 3.63) is 16.1 Å². The summed E-state index contributed by atoms with van der Waals surface area (Å²) in [6, 6.07) is 0.0134. The quantitative estimate of drug-likeness (QED) is 0.824. The minimum Gasteiger partial charge on any atom is -0.304 e. The van der Waals surface area contributed by atoms with Crippen LogP contribution in [0.25, 0.3) is 0 Å². The van der Waals surface area contributed by atoms with Gasteiger partial charge in [-0.05, 0) is 40.5 Å². The van der Waals surface area contributed by atoms with Gasteiger partial charge < -0.3 is 4.90 Å². The number of nitrogens with zero attached hydrogens (tertiary/aromatic N) is 3. The van der Waals surface area contributed by atoms with Crippen LogP contribution in [0.1, 0.15) is 17.1 Å². The van der Waals surface area contributed by atoms with E-state index in [2.05, 4.69) is 21.8 Å². The summed E-state index contributed by atoms with van der Waals surface area (Å²) in [5.74, 6) is 0.288. The Hall–Kier alpha value is -0.780. The zero-order valence-corrected chi connectivity index (χ0v) is 12.2. The van der Waals surface area contributed by atoms with Crippen molar-refractivity contribution < 1.29 is 4.79 Å². The van der Waals surface area contributed by atoms with E-state index in [1.807, 2.05) is 19.4 Å². The number of likely N-dealkylation sites (N-methyl/N-ethyl adjacent to an activating group) is 2. The van der Waals surface area contributed by atoms with E-state index >= 15 is 0 Å². The van der Waals surface area contributed by atoms with E-state index in [-0.39, 0.29) is 11.8 Å². The zero-order chi connectivity index (χ0) is 13.1. The Labute approximate surface area is 113 Å². The van der Waals surface area contributed by atoms with Crippen molar-refractivity contribution in [3.8, 4) is 0 Å². The molecule has 0 aromatic carbocycles. The third-order valence-corrected chi connectivity index (χ3v) is 4.28. The maximum absolute atomic E-state index is 12.4. The van der Waals surface area contributed by atoms with Crippen LogP contribution in [0.3, 0.4) is 0 Å². The third-order valence-electron chi connectivity index (χ3n) is 3.46. The molecule has 0 amide bonds. The van der Waals surface area contributed by atoms with Gasteiger partial charge in [0.05, 0.1) is 23.2 Å². The van der Waals surface area contributed by atoms with Crippen molar-refractivity contribution >= 4 is 17.1 Å². The molecule has 1 aliphatic heterocycles. The first-order chi connectivity index (χ1) is 8.56. The highest BCUT2D eigenvalue weighted by Crippen LogP contribution is 2.13. The van der Waals surface area contributed by atoms with Gasteiger partial charge >= 0.3 is 0 Å². The summed E-state index contributed by atoms with van der Waals surface area (Å²) in [5, 5.41) is 3.03. The standard InChI is InChI=1S/C13H21N3OS/c1-10-14-11(9-18-10)7-13(17)12-8-15(2)5-4-6-16(12)3/h9,12H,4-8H2,1-3H3. The zero-order valence-electron chi connectivity index (χ0n) is 11.3. The van der Waals surface area contributed by atoms with Crippen LogP contribution in [-0.2, 0) is 11.2 Å². The number of aromatic nitrogens is 1. The van der Waals surface area contributed by atoms with E-state index in [1.165, 1.54) is 0 Å². The van der Waals surface area contributed by atoms with E-state index in [9.17, 15) is 4.79 Å². The SMILES string of the molecule is Cc1nc(CC(=O)C2CN(C)CCCN2C)cs1. The summed E-state index contributed by atoms with van der Waals surface area (Å²) in [4.78, 5) is 21.2. The minimum absolute atomic E-state index is 0.0134. The van der Waals surface area contributed by atoms with Crippen molar-refractivity contribution in [1.82, 2.24) is 14.8 Å². The van der Waals surface area contributed by atoms with E-state index < -0.39 is 0 Å². The van der Waals surface area contributed by atoms with E-state index in [1.54, 1.807) is 11.3 Å². The number of Topliss-reactive ketones (excluding diaryl/α,β-unsaturated/α-hetero) is 1. The second kappa shape index (κ2) is 5.91. The van der Waals surface area contributed by atoms with Gasteiger partial charge in [0.2, 0.25) is 0 Å². The van der Waals surface area contributed by atoms with Crippen molar-refractivity contribution in [2.45, 2.75) is 25.8 Å². The molecule has 4 nitrogen and oxygen atoms in total. The Morgan fingerprint density at radius 1 is 1.50 bits per heavy atom. The molecule has 2 heterocycles. The van der Waals surface area contributed by atoms with Crippen LogP contribution < -0.4 is 0 Å². The summed E-state index contributed by atoms with van der Waals surface area (Å²) in [5.41, 5.74) is 0.919. The summed E-state index contributed by atoms with van der Waals surface area (Å²) in [6.07, 6.45) is 1.60. The summed E-state index contributed by atoms with van der Waals surface area (Å²) in [6.45, 7) is 4.88. The molecular formula is C13H21N3OS. The number of aryl methyl sites for hydroxylation is 1. The molecule has 1 unspecified atom stereocenters. The summed E-state index contributed by atoms with van der Waals surface area (Å²) in [7, 11) is 4.14. The Kier molecular flexibility index (Phi) is 4.48. The Bertz CT molecular complexity index is 418. The number of carbonyl (C=O) groups excluding carboxylic acids is 1. The molecule has 18 heavy (non-hydrogen) atoms. The number of hydrogen-bond donors (Lipinski definition) is 0. The minimum atomic E-state index is 0.0134. The molecule has 5 heteroatoms. The molecule has 0 aliphatic carbocycles. The van der Waals surface area contributed by atoms with Gasteiger partial charge in [0.25, 0.3) is 0 Å². The summed E-state index contributed by atoms with van der Waals surface area (Å²) >= 11 is 1.61. The fourth-order valence-electron chi connectivity index (χ4n) is 2.41. The van der Waals surface area contributed by atoms with Crippen LogP contribution >= 0.6 is 11.3 Å². The first kappa shape index (κ1) is 13.6. The first-order valence-corrected chi connectivity index (χ1v) is 7.26. The molecule has 2 rings (SSSR count). The lowest BCUT2D eigenvalue weighted by atomic mass is 10.1. The fourth-order valence-corrected chi connectivity index (χ4v) is 3.02. The van der Waals surface area contributed by atoms with Gasteiger partial charge in [-0.1, -0.05) is 0 Å². The van der Waals surface area contributed by atoms with Crippen molar-refractivity contribution in [3.63, 3.8) is 0 Å². The first-order valence-electron chi connectivity index (χ1n) is 6.39. The van der Waals surface area contributed by atoms with E-state index in [0.717, 1.165) is 36.8 Å². The Balaban J connectivity index is 2.02. The molecule has 1 aromatic rings. The van der Waals surface area contributed by atoms with E-state index in [4.69, 9.17) is 0 Å². The van der Waals surface area contributed by atoms with E-state index in [0.29, 0.717) is 6.42 Å². The van der Waals surface area contributed by atoms with Gasteiger partial charge in [0.15, 0.2) is 5.78 Å². The largest absolute Gasteiger partial charge is 0.304 e.